The van der Waals surface area contributed by atoms with Crippen LogP contribution in [0.2, 0.25) is 0 Å². The molecule has 0 aromatic carbocycles. The van der Waals surface area contributed by atoms with E-state index in [1.807, 2.05) is 0 Å². The maximum Gasteiger partial charge on any atom is 0.264 e. The third-order valence-corrected chi connectivity index (χ3v) is 8.77. The first-order chi connectivity index (χ1) is 11.7. The smallest absolute Gasteiger partial charge is 0.264 e. The van der Waals surface area contributed by atoms with Crippen LogP contribution in [0.4, 0.5) is 0 Å². The van der Waals surface area contributed by atoms with Crippen LogP contribution >= 0.6 is 0 Å². The van der Waals surface area contributed by atoms with E-state index in [2.05, 4.69) is 0 Å². The second kappa shape index (κ2) is 9.31. The van der Waals surface area contributed by atoms with Gasteiger partial charge in [-0.2, -0.15) is 8.42 Å². The summed E-state index contributed by atoms with van der Waals surface area (Å²) in [6, 6.07) is 0. The summed E-state index contributed by atoms with van der Waals surface area (Å²) in [5, 5.41) is 8.56. The minimum atomic E-state index is -3.43. The minimum Gasteiger partial charge on any atom is -0.393 e. The lowest BCUT2D eigenvalue weighted by Crippen LogP contribution is -2.30. The average Bonchev–Trinajstić information content (AvgIpc) is 2.45. The van der Waals surface area contributed by atoms with Gasteiger partial charge in [-0.3, -0.25) is 4.18 Å². The Hall–Kier alpha value is -0.230. The third-order valence-electron chi connectivity index (χ3n) is 4.79. The molecule has 2 aliphatic carbocycles. The summed E-state index contributed by atoms with van der Waals surface area (Å²) in [7, 11) is -9.28. The molecule has 0 atom stereocenters. The van der Waals surface area contributed by atoms with E-state index >= 15 is 0 Å². The van der Waals surface area contributed by atoms with Gasteiger partial charge in [-0.05, 0) is 51.4 Å². The van der Waals surface area contributed by atoms with Crippen LogP contribution in [-0.4, -0.2) is 71.8 Å². The highest BCUT2D eigenvalue weighted by Gasteiger charge is 2.29. The molecule has 11 heteroatoms. The van der Waals surface area contributed by atoms with Crippen molar-refractivity contribution >= 4 is 29.8 Å². The second-order valence-electron chi connectivity index (χ2n) is 7.29. The fourth-order valence-electron chi connectivity index (χ4n) is 3.28. The van der Waals surface area contributed by atoms with Gasteiger partial charge in [0.2, 0.25) is 0 Å². The Morgan fingerprint density at radius 1 is 0.654 bits per heavy atom. The molecule has 0 unspecified atom stereocenters. The van der Waals surface area contributed by atoms with Crippen molar-refractivity contribution in [3.8, 4) is 0 Å². The molecule has 2 aliphatic rings. The van der Waals surface area contributed by atoms with Crippen LogP contribution in [0.3, 0.4) is 0 Å². The van der Waals surface area contributed by atoms with E-state index in [-0.39, 0.29) is 22.7 Å². The first kappa shape index (κ1) is 23.8. The van der Waals surface area contributed by atoms with Crippen molar-refractivity contribution in [2.45, 2.75) is 74.1 Å². The lowest BCUT2D eigenvalue weighted by molar-refractivity contribution is 0.131. The summed E-state index contributed by atoms with van der Waals surface area (Å²) in [5.74, 6) is 0. The van der Waals surface area contributed by atoms with Crippen LogP contribution in [0.1, 0.15) is 51.4 Å². The van der Waals surface area contributed by atoms with Crippen LogP contribution < -0.4 is 0 Å². The van der Waals surface area contributed by atoms with Gasteiger partial charge < -0.3 is 5.11 Å². The number of rotatable bonds is 4. The van der Waals surface area contributed by atoms with Gasteiger partial charge in [-0.25, -0.2) is 16.8 Å². The van der Waals surface area contributed by atoms with Crippen LogP contribution in [0.5, 0.6) is 0 Å². The largest absolute Gasteiger partial charge is 0.393 e. The van der Waals surface area contributed by atoms with Crippen molar-refractivity contribution in [3.05, 3.63) is 0 Å². The van der Waals surface area contributed by atoms with Gasteiger partial charge >= 0.3 is 0 Å². The Morgan fingerprint density at radius 2 is 1.00 bits per heavy atom. The summed E-state index contributed by atoms with van der Waals surface area (Å²) in [4.78, 5) is 0. The normalized spacial score (nSPS) is 30.9. The lowest BCUT2D eigenvalue weighted by Gasteiger charge is -2.26. The average molecular weight is 435 g/mol. The molecule has 0 saturated heterocycles. The van der Waals surface area contributed by atoms with Crippen molar-refractivity contribution < 1.29 is 34.5 Å². The van der Waals surface area contributed by atoms with Crippen molar-refractivity contribution in [1.29, 1.82) is 0 Å². The SMILES string of the molecule is CS(=O)(=O)C1CCC(O)CC1.CS(=O)(=O)OC1CCC(S(C)(=O)=O)CC1. The van der Waals surface area contributed by atoms with Crippen LogP contribution in [-0.2, 0) is 34.0 Å². The van der Waals surface area contributed by atoms with Crippen LogP contribution in [0.15, 0.2) is 0 Å². The van der Waals surface area contributed by atoms with E-state index < -0.39 is 29.8 Å². The Morgan fingerprint density at radius 3 is 1.31 bits per heavy atom. The highest BCUT2D eigenvalue weighted by atomic mass is 32.2. The molecular formula is C15H30O8S3. The summed E-state index contributed by atoms with van der Waals surface area (Å²) < 4.78 is 71.0. The number of hydrogen-bond donors (Lipinski definition) is 1. The van der Waals surface area contributed by atoms with Gasteiger partial charge in [0.25, 0.3) is 10.1 Å². The molecule has 2 rings (SSSR count). The Kier molecular flexibility index (Phi) is 8.53. The predicted octanol–water partition coefficient (Wildman–Crippen LogP) is 0.653. The summed E-state index contributed by atoms with van der Waals surface area (Å²) >= 11 is 0. The molecule has 0 radical (unpaired) electrons. The van der Waals surface area contributed by atoms with Gasteiger partial charge in [0.15, 0.2) is 0 Å². The minimum absolute atomic E-state index is 0.203. The van der Waals surface area contributed by atoms with Crippen LogP contribution in [0, 0.1) is 0 Å². The Balaban J connectivity index is 0.000000273. The van der Waals surface area contributed by atoms with Crippen LogP contribution in [0.25, 0.3) is 0 Å². The van der Waals surface area contributed by atoms with Gasteiger partial charge in [0, 0.05) is 12.5 Å². The van der Waals surface area contributed by atoms with Gasteiger partial charge in [0.05, 0.1) is 29.0 Å². The van der Waals surface area contributed by atoms with E-state index in [1.165, 1.54) is 12.5 Å². The highest BCUT2D eigenvalue weighted by Crippen LogP contribution is 2.26. The third kappa shape index (κ3) is 9.12. The van der Waals surface area contributed by atoms with Gasteiger partial charge in [-0.15, -0.1) is 0 Å². The molecular weight excluding hydrogens is 404 g/mol. The molecule has 8 nitrogen and oxygen atoms in total. The monoisotopic (exact) mass is 434 g/mol. The molecule has 0 aromatic heterocycles. The molecule has 2 saturated carbocycles. The first-order valence-electron chi connectivity index (χ1n) is 8.62. The number of aliphatic hydroxyl groups excluding tert-OH is 1. The maximum absolute atomic E-state index is 11.2. The topological polar surface area (TPSA) is 132 Å². The zero-order valence-electron chi connectivity index (χ0n) is 15.5. The van der Waals surface area contributed by atoms with Crippen molar-refractivity contribution in [3.63, 3.8) is 0 Å². The second-order valence-corrected chi connectivity index (χ2v) is 13.5. The van der Waals surface area contributed by atoms with E-state index in [1.54, 1.807) is 0 Å². The summed E-state index contributed by atoms with van der Waals surface area (Å²) in [6.45, 7) is 0. The maximum atomic E-state index is 11.2. The number of aliphatic hydroxyl groups is 1. The standard InChI is InChI=1S/C8H16O5S2.C7H14O3S/c1-14(9,10)8-5-3-7(4-6-8)13-15(2,11)12;1-11(9,10)7-4-2-6(8)3-5-7/h7-8H,3-6H2,1-2H3;6-8H,2-5H2,1H3. The first-order valence-corrected chi connectivity index (χ1v) is 14.3. The fourth-order valence-corrected chi connectivity index (χ4v) is 6.22. The van der Waals surface area contributed by atoms with E-state index in [4.69, 9.17) is 9.29 Å². The molecule has 0 heterocycles. The molecule has 1 N–H and O–H groups in total. The quantitative estimate of drug-likeness (QED) is 0.638. The zero-order chi connectivity index (χ0) is 20.2. The van der Waals surface area contributed by atoms with Gasteiger partial charge in [0.1, 0.15) is 19.7 Å². The molecule has 0 bridgehead atoms. The van der Waals surface area contributed by atoms with Crippen molar-refractivity contribution in [2.75, 3.05) is 18.8 Å². The molecule has 156 valence electrons. The number of hydrogen-bond acceptors (Lipinski definition) is 8. The van der Waals surface area contributed by atoms with E-state index in [0.29, 0.717) is 51.4 Å². The van der Waals surface area contributed by atoms with Crippen molar-refractivity contribution in [2.24, 2.45) is 0 Å². The lowest BCUT2D eigenvalue weighted by atomic mass is 9.97. The number of sulfone groups is 2. The molecule has 0 aromatic rings. The highest BCUT2D eigenvalue weighted by molar-refractivity contribution is 7.91. The molecule has 0 amide bonds. The van der Waals surface area contributed by atoms with Gasteiger partial charge in [-0.1, -0.05) is 0 Å². The van der Waals surface area contributed by atoms with E-state index in [0.717, 1.165) is 6.26 Å². The summed E-state index contributed by atoms with van der Waals surface area (Å²) in [5.41, 5.74) is 0. The van der Waals surface area contributed by atoms with Crippen molar-refractivity contribution in [1.82, 2.24) is 0 Å². The zero-order valence-corrected chi connectivity index (χ0v) is 17.9. The molecule has 2 fully saturated rings. The van der Waals surface area contributed by atoms with E-state index in [9.17, 15) is 25.3 Å². The Labute approximate surface area is 157 Å². The molecule has 0 aliphatic heterocycles. The molecule has 26 heavy (non-hydrogen) atoms. The predicted molar refractivity (Wildman–Crippen MR) is 99.9 cm³/mol. The Bertz CT molecular complexity index is 739. The summed E-state index contributed by atoms with van der Waals surface area (Å²) in [6.07, 6.45) is 7.36. The molecule has 0 spiro atoms. The fraction of sp³-hybridized carbons (Fsp3) is 1.00.